The molecule has 0 unspecified atom stereocenters. The van der Waals surface area contributed by atoms with E-state index in [0.717, 1.165) is 17.6 Å². The third kappa shape index (κ3) is 3.23. The number of halogens is 3. The molecule has 0 fully saturated rings. The SMILES string of the molecule is O=C(Nc1ccc(C(F)(F)F)cn1)Nc1c[nH]c2cccnc12. The van der Waals surface area contributed by atoms with Gasteiger partial charge in [0.1, 0.15) is 11.3 Å². The molecule has 0 bridgehead atoms. The maximum absolute atomic E-state index is 12.4. The van der Waals surface area contributed by atoms with Crippen molar-refractivity contribution in [2.45, 2.75) is 6.18 Å². The Kier molecular flexibility index (Phi) is 3.61. The lowest BCUT2D eigenvalue weighted by molar-refractivity contribution is -0.137. The second kappa shape index (κ2) is 5.59. The zero-order valence-electron chi connectivity index (χ0n) is 11.5. The Morgan fingerprint density at radius 2 is 1.96 bits per heavy atom. The van der Waals surface area contributed by atoms with E-state index in [1.807, 2.05) is 0 Å². The molecule has 0 saturated carbocycles. The van der Waals surface area contributed by atoms with Crippen LogP contribution in [-0.4, -0.2) is 21.0 Å². The van der Waals surface area contributed by atoms with Crippen LogP contribution in [0.3, 0.4) is 0 Å². The molecule has 3 aromatic heterocycles. The van der Waals surface area contributed by atoms with E-state index in [2.05, 4.69) is 25.6 Å². The monoisotopic (exact) mass is 321 g/mol. The molecular formula is C14H10F3N5O. The first-order valence-electron chi connectivity index (χ1n) is 6.47. The molecule has 0 saturated heterocycles. The first kappa shape index (κ1) is 14.8. The van der Waals surface area contributed by atoms with E-state index in [-0.39, 0.29) is 5.82 Å². The first-order valence-corrected chi connectivity index (χ1v) is 6.47. The van der Waals surface area contributed by atoms with Crippen molar-refractivity contribution in [3.63, 3.8) is 0 Å². The second-order valence-corrected chi connectivity index (χ2v) is 4.61. The van der Waals surface area contributed by atoms with Crippen LogP contribution >= 0.6 is 0 Å². The molecule has 6 nitrogen and oxygen atoms in total. The zero-order valence-corrected chi connectivity index (χ0v) is 11.5. The standard InChI is InChI=1S/C14H10F3N5O/c15-14(16,17)8-3-4-11(20-6-8)22-13(23)21-10-7-19-9-2-1-5-18-12(9)10/h1-7,19H,(H2,20,21,22,23). The fourth-order valence-corrected chi connectivity index (χ4v) is 1.96. The van der Waals surface area contributed by atoms with Crippen LogP contribution in [0.25, 0.3) is 11.0 Å². The third-order valence-electron chi connectivity index (χ3n) is 3.02. The molecule has 0 spiro atoms. The predicted octanol–water partition coefficient (Wildman–Crippen LogP) is 3.62. The average molecular weight is 321 g/mol. The Morgan fingerprint density at radius 1 is 1.13 bits per heavy atom. The highest BCUT2D eigenvalue weighted by Crippen LogP contribution is 2.28. The summed E-state index contributed by atoms with van der Waals surface area (Å²) in [6.45, 7) is 0. The van der Waals surface area contributed by atoms with Gasteiger partial charge in [-0.15, -0.1) is 0 Å². The number of rotatable bonds is 2. The van der Waals surface area contributed by atoms with E-state index >= 15 is 0 Å². The van der Waals surface area contributed by atoms with Crippen LogP contribution in [0.15, 0.2) is 42.9 Å². The van der Waals surface area contributed by atoms with Crippen LogP contribution in [0, 0.1) is 0 Å². The molecule has 0 aromatic carbocycles. The lowest BCUT2D eigenvalue weighted by atomic mass is 10.3. The van der Waals surface area contributed by atoms with Crippen molar-refractivity contribution in [2.75, 3.05) is 10.6 Å². The normalized spacial score (nSPS) is 11.4. The van der Waals surface area contributed by atoms with Crippen LogP contribution in [-0.2, 0) is 6.18 Å². The van der Waals surface area contributed by atoms with Crippen molar-refractivity contribution >= 4 is 28.6 Å². The molecule has 9 heteroatoms. The molecule has 3 aromatic rings. The number of pyridine rings is 2. The number of nitrogens with zero attached hydrogens (tertiary/aromatic N) is 2. The minimum Gasteiger partial charge on any atom is -0.358 e. The van der Waals surface area contributed by atoms with Gasteiger partial charge >= 0.3 is 12.2 Å². The molecule has 0 aliphatic carbocycles. The number of urea groups is 1. The van der Waals surface area contributed by atoms with Gasteiger partial charge in [-0.3, -0.25) is 10.3 Å². The number of H-pyrrole nitrogens is 1. The molecule has 0 aliphatic rings. The number of carbonyl (C=O) groups excluding carboxylic acids is 1. The molecule has 3 N–H and O–H groups in total. The molecule has 0 radical (unpaired) electrons. The van der Waals surface area contributed by atoms with Gasteiger partial charge in [0, 0.05) is 18.6 Å². The highest BCUT2D eigenvalue weighted by atomic mass is 19.4. The highest BCUT2D eigenvalue weighted by Gasteiger charge is 2.30. The van der Waals surface area contributed by atoms with Crippen LogP contribution in [0.4, 0.5) is 29.5 Å². The summed E-state index contributed by atoms with van der Waals surface area (Å²) < 4.78 is 37.3. The number of fused-ring (bicyclic) bond motifs is 1. The number of hydrogen-bond donors (Lipinski definition) is 3. The minimum absolute atomic E-state index is 0.00306. The molecule has 3 rings (SSSR count). The van der Waals surface area contributed by atoms with Crippen molar-refractivity contribution in [1.29, 1.82) is 0 Å². The van der Waals surface area contributed by atoms with Gasteiger partial charge in [0.2, 0.25) is 0 Å². The molecule has 2 amide bonds. The summed E-state index contributed by atoms with van der Waals surface area (Å²) in [4.78, 5) is 22.5. The summed E-state index contributed by atoms with van der Waals surface area (Å²) in [5.74, 6) is 0.00306. The van der Waals surface area contributed by atoms with Crippen molar-refractivity contribution in [1.82, 2.24) is 15.0 Å². The quantitative estimate of drug-likeness (QED) is 0.674. The van der Waals surface area contributed by atoms with Crippen molar-refractivity contribution in [2.24, 2.45) is 0 Å². The molecular weight excluding hydrogens is 311 g/mol. The first-order chi connectivity index (χ1) is 10.9. The van der Waals surface area contributed by atoms with Gasteiger partial charge in [0.25, 0.3) is 0 Å². The number of alkyl halides is 3. The van der Waals surface area contributed by atoms with Crippen molar-refractivity contribution in [3.05, 3.63) is 48.4 Å². The number of carbonyl (C=O) groups is 1. The van der Waals surface area contributed by atoms with Crippen LogP contribution < -0.4 is 10.6 Å². The number of aromatic nitrogens is 3. The van der Waals surface area contributed by atoms with Crippen molar-refractivity contribution < 1.29 is 18.0 Å². The Bertz CT molecular complexity index is 841. The molecule has 0 aliphatic heterocycles. The van der Waals surface area contributed by atoms with E-state index in [4.69, 9.17) is 0 Å². The highest BCUT2D eigenvalue weighted by molar-refractivity contribution is 6.04. The predicted molar refractivity (Wildman–Crippen MR) is 78.0 cm³/mol. The Hall–Kier alpha value is -3.10. The molecule has 0 atom stereocenters. The summed E-state index contributed by atoms with van der Waals surface area (Å²) >= 11 is 0. The van der Waals surface area contributed by atoms with Gasteiger partial charge in [0.05, 0.1) is 16.8 Å². The maximum Gasteiger partial charge on any atom is 0.417 e. The largest absolute Gasteiger partial charge is 0.417 e. The van der Waals surface area contributed by atoms with Gasteiger partial charge in [-0.2, -0.15) is 13.2 Å². The second-order valence-electron chi connectivity index (χ2n) is 4.61. The summed E-state index contributed by atoms with van der Waals surface area (Å²) in [5.41, 5.74) is 0.882. The zero-order chi connectivity index (χ0) is 16.4. The molecule has 118 valence electrons. The number of hydrogen-bond acceptors (Lipinski definition) is 3. The summed E-state index contributed by atoms with van der Waals surface area (Å²) in [6, 6.07) is 4.83. The molecule has 23 heavy (non-hydrogen) atoms. The third-order valence-corrected chi connectivity index (χ3v) is 3.02. The van der Waals surface area contributed by atoms with E-state index in [9.17, 15) is 18.0 Å². The smallest absolute Gasteiger partial charge is 0.358 e. The van der Waals surface area contributed by atoms with Gasteiger partial charge in [-0.25, -0.2) is 9.78 Å². The summed E-state index contributed by atoms with van der Waals surface area (Å²) in [5, 5.41) is 4.91. The topological polar surface area (TPSA) is 82.7 Å². The van der Waals surface area contributed by atoms with E-state index in [1.54, 1.807) is 24.5 Å². The van der Waals surface area contributed by atoms with Gasteiger partial charge < -0.3 is 10.3 Å². The van der Waals surface area contributed by atoms with Gasteiger partial charge in [0.15, 0.2) is 0 Å². The van der Waals surface area contributed by atoms with E-state index in [1.165, 1.54) is 0 Å². The average Bonchev–Trinajstić information content (AvgIpc) is 2.90. The Morgan fingerprint density at radius 3 is 2.65 bits per heavy atom. The fraction of sp³-hybridized carbons (Fsp3) is 0.0714. The lowest BCUT2D eigenvalue weighted by Gasteiger charge is -2.08. The van der Waals surface area contributed by atoms with Crippen molar-refractivity contribution in [3.8, 4) is 0 Å². The fourth-order valence-electron chi connectivity index (χ4n) is 1.96. The maximum atomic E-state index is 12.4. The minimum atomic E-state index is -4.47. The van der Waals surface area contributed by atoms with Crippen LogP contribution in [0.2, 0.25) is 0 Å². The summed E-state index contributed by atoms with van der Waals surface area (Å²) in [6.07, 6.45) is -0.666. The Balaban J connectivity index is 1.70. The summed E-state index contributed by atoms with van der Waals surface area (Å²) in [7, 11) is 0. The molecule has 3 heterocycles. The van der Waals surface area contributed by atoms with E-state index < -0.39 is 17.8 Å². The van der Waals surface area contributed by atoms with Gasteiger partial charge in [-0.1, -0.05) is 0 Å². The van der Waals surface area contributed by atoms with Crippen LogP contribution in [0.5, 0.6) is 0 Å². The van der Waals surface area contributed by atoms with Crippen LogP contribution in [0.1, 0.15) is 5.56 Å². The number of anilines is 2. The van der Waals surface area contributed by atoms with E-state index in [0.29, 0.717) is 17.4 Å². The number of amides is 2. The Labute approximate surface area is 127 Å². The number of aromatic amines is 1. The number of nitrogens with one attached hydrogen (secondary N) is 3. The lowest BCUT2D eigenvalue weighted by Crippen LogP contribution is -2.20. The van der Waals surface area contributed by atoms with Gasteiger partial charge in [-0.05, 0) is 24.3 Å².